The first-order valence-corrected chi connectivity index (χ1v) is 4.73. The van der Waals surface area contributed by atoms with Gasteiger partial charge in [0.05, 0.1) is 22.5 Å². The molecule has 0 saturated heterocycles. The molecule has 0 fully saturated rings. The van der Waals surface area contributed by atoms with Crippen molar-refractivity contribution in [1.29, 1.82) is 0 Å². The molecule has 1 unspecified atom stereocenters. The number of aromatic carboxylic acids is 2. The Hall–Kier alpha value is -0.770. The Balaban J connectivity index is 0. The Kier molecular flexibility index (Phi) is 10.1. The van der Waals surface area contributed by atoms with E-state index in [2.05, 4.69) is 0 Å². The summed E-state index contributed by atoms with van der Waals surface area (Å²) in [5.41, 5.74) is -0.380. The molecule has 1 aromatic rings. The Bertz CT molecular complexity index is 383. The zero-order chi connectivity index (χ0) is 12.7. The second-order valence-corrected chi connectivity index (χ2v) is 2.81. The number of hydrogen-bond acceptors (Lipinski definition) is 4. The molecule has 7 nitrogen and oxygen atoms in total. The van der Waals surface area contributed by atoms with Crippen LogP contribution in [0.3, 0.4) is 0 Å². The minimum absolute atomic E-state index is 0. The van der Waals surface area contributed by atoms with Crippen molar-refractivity contribution in [1.82, 2.24) is 0 Å². The van der Waals surface area contributed by atoms with Crippen molar-refractivity contribution in [3.63, 3.8) is 0 Å². The van der Waals surface area contributed by atoms with Crippen molar-refractivity contribution in [3.05, 3.63) is 35.4 Å². The van der Waals surface area contributed by atoms with E-state index < -0.39 is 23.3 Å². The molecular formula is C8H7NaO7S. The van der Waals surface area contributed by atoms with Crippen LogP contribution < -0.4 is 29.6 Å². The van der Waals surface area contributed by atoms with E-state index in [9.17, 15) is 9.59 Å². The Morgan fingerprint density at radius 2 is 1.29 bits per heavy atom. The molecular weight excluding hydrogens is 263 g/mol. The number of carbonyl (C=O) groups is 2. The minimum Gasteiger partial charge on any atom is -0.750 e. The van der Waals surface area contributed by atoms with Gasteiger partial charge in [-0.05, 0) is 12.1 Å². The molecule has 0 heterocycles. The standard InChI is InChI=1S/C8H6O4.Na.H2O3S/c9-7(10)5-3-1-2-4-6(5)8(11)12;;1-4(2)3/h1-4H,(H,9,10)(H,11,12);;(H2,1,2,3)/q;+1;/p-1. The van der Waals surface area contributed by atoms with Crippen molar-refractivity contribution in [2.75, 3.05) is 0 Å². The maximum Gasteiger partial charge on any atom is 1.00 e. The average molecular weight is 270 g/mol. The normalized spacial score (nSPS) is 10.2. The van der Waals surface area contributed by atoms with Crippen LogP contribution in [0.15, 0.2) is 24.3 Å². The van der Waals surface area contributed by atoms with Gasteiger partial charge in [0.25, 0.3) is 0 Å². The zero-order valence-electron chi connectivity index (χ0n) is 8.69. The fourth-order valence-corrected chi connectivity index (χ4v) is 0.856. The number of benzene rings is 1. The number of carboxylic acid groups (broad SMARTS) is 2. The van der Waals surface area contributed by atoms with Gasteiger partial charge in [0.15, 0.2) is 0 Å². The third-order valence-electron chi connectivity index (χ3n) is 1.39. The summed E-state index contributed by atoms with van der Waals surface area (Å²) in [5, 5.41) is 17.1. The van der Waals surface area contributed by atoms with Crippen LogP contribution >= 0.6 is 0 Å². The van der Waals surface area contributed by atoms with Crippen molar-refractivity contribution >= 4 is 23.3 Å². The van der Waals surface area contributed by atoms with Crippen molar-refractivity contribution in [2.45, 2.75) is 0 Å². The molecule has 0 bridgehead atoms. The number of hydrogen-bond donors (Lipinski definition) is 3. The van der Waals surface area contributed by atoms with Gasteiger partial charge in [0.2, 0.25) is 0 Å². The van der Waals surface area contributed by atoms with Crippen LogP contribution in [0.5, 0.6) is 0 Å². The van der Waals surface area contributed by atoms with Gasteiger partial charge in [-0.25, -0.2) is 13.8 Å². The molecule has 17 heavy (non-hydrogen) atoms. The van der Waals surface area contributed by atoms with E-state index in [4.69, 9.17) is 23.5 Å². The summed E-state index contributed by atoms with van der Waals surface area (Å²) < 4.78 is 24.1. The van der Waals surface area contributed by atoms with Gasteiger partial charge >= 0.3 is 41.5 Å². The Labute approximate surface area is 121 Å². The molecule has 1 aromatic carbocycles. The van der Waals surface area contributed by atoms with E-state index in [1.807, 2.05) is 0 Å². The summed E-state index contributed by atoms with van der Waals surface area (Å²) in [6.45, 7) is 0. The summed E-state index contributed by atoms with van der Waals surface area (Å²) in [4.78, 5) is 20.9. The van der Waals surface area contributed by atoms with Gasteiger partial charge in [-0.1, -0.05) is 12.1 Å². The topological polar surface area (TPSA) is 135 Å². The minimum atomic E-state index is -2.86. The van der Waals surface area contributed by atoms with E-state index in [1.165, 1.54) is 24.3 Å². The summed E-state index contributed by atoms with van der Waals surface area (Å²) in [6, 6.07) is 5.48. The number of rotatable bonds is 2. The molecule has 0 saturated carbocycles. The third kappa shape index (κ3) is 8.02. The molecule has 0 radical (unpaired) electrons. The molecule has 9 heteroatoms. The largest absolute Gasteiger partial charge is 1.00 e. The van der Waals surface area contributed by atoms with E-state index in [0.717, 1.165) is 0 Å². The monoisotopic (exact) mass is 270 g/mol. The van der Waals surface area contributed by atoms with Crippen LogP contribution in [0.25, 0.3) is 0 Å². The molecule has 0 aliphatic heterocycles. The van der Waals surface area contributed by atoms with Crippen LogP contribution in [-0.4, -0.2) is 35.5 Å². The van der Waals surface area contributed by atoms with Crippen molar-refractivity contribution in [2.24, 2.45) is 0 Å². The molecule has 0 aromatic heterocycles. The second kappa shape index (κ2) is 9.28. The fourth-order valence-electron chi connectivity index (χ4n) is 0.856. The average Bonchev–Trinajstić information content (AvgIpc) is 2.16. The predicted octanol–water partition coefficient (Wildman–Crippen LogP) is -2.57. The molecule has 0 aliphatic carbocycles. The molecule has 1 rings (SSSR count). The van der Waals surface area contributed by atoms with Gasteiger partial charge in [0, 0.05) is 0 Å². The Morgan fingerprint density at radius 1 is 1.06 bits per heavy atom. The van der Waals surface area contributed by atoms with Gasteiger partial charge < -0.3 is 19.3 Å². The van der Waals surface area contributed by atoms with Gasteiger partial charge in [-0.3, -0.25) is 0 Å². The van der Waals surface area contributed by atoms with E-state index >= 15 is 0 Å². The third-order valence-corrected chi connectivity index (χ3v) is 1.39. The Morgan fingerprint density at radius 3 is 1.47 bits per heavy atom. The van der Waals surface area contributed by atoms with Gasteiger partial charge in [0.1, 0.15) is 0 Å². The van der Waals surface area contributed by atoms with E-state index in [1.54, 1.807) is 0 Å². The molecule has 88 valence electrons. The SMILES string of the molecule is O=C(O)c1ccccc1C(=O)O.O=S([O-])O.[Na+]. The maximum atomic E-state index is 10.5. The maximum absolute atomic E-state index is 10.5. The molecule has 1 atom stereocenters. The van der Waals surface area contributed by atoms with Gasteiger partial charge in [-0.15, -0.1) is 0 Å². The number of carboxylic acids is 2. The zero-order valence-corrected chi connectivity index (χ0v) is 11.5. The second-order valence-electron chi connectivity index (χ2n) is 2.37. The van der Waals surface area contributed by atoms with Crippen LogP contribution in [0.4, 0.5) is 0 Å². The quantitative estimate of drug-likeness (QED) is 0.397. The van der Waals surface area contributed by atoms with E-state index in [-0.39, 0.29) is 40.7 Å². The summed E-state index contributed by atoms with van der Waals surface area (Å²) in [5.74, 6) is -2.46. The molecule has 3 N–H and O–H groups in total. The predicted molar refractivity (Wildman–Crippen MR) is 51.9 cm³/mol. The first-order chi connectivity index (χ1) is 7.36. The molecule has 0 amide bonds. The smallest absolute Gasteiger partial charge is 0.750 e. The summed E-state index contributed by atoms with van der Waals surface area (Å²) in [7, 11) is 0. The van der Waals surface area contributed by atoms with E-state index in [0.29, 0.717) is 0 Å². The first-order valence-electron chi connectivity index (χ1n) is 3.70. The van der Waals surface area contributed by atoms with Crippen LogP contribution in [-0.2, 0) is 11.4 Å². The van der Waals surface area contributed by atoms with Crippen LogP contribution in [0, 0.1) is 0 Å². The first kappa shape index (κ1) is 18.6. The van der Waals surface area contributed by atoms with Crippen LogP contribution in [0.2, 0.25) is 0 Å². The van der Waals surface area contributed by atoms with Crippen molar-refractivity contribution < 1.29 is 62.7 Å². The van der Waals surface area contributed by atoms with Gasteiger partial charge in [-0.2, -0.15) is 0 Å². The fraction of sp³-hybridized carbons (Fsp3) is 0. The molecule has 0 aliphatic rings. The van der Waals surface area contributed by atoms with Crippen molar-refractivity contribution in [3.8, 4) is 0 Å². The summed E-state index contributed by atoms with van der Waals surface area (Å²) in [6.07, 6.45) is 0. The molecule has 0 spiro atoms. The summed E-state index contributed by atoms with van der Waals surface area (Å²) >= 11 is -2.86. The van der Waals surface area contributed by atoms with Crippen LogP contribution in [0.1, 0.15) is 20.7 Å².